The van der Waals surface area contributed by atoms with Crippen molar-refractivity contribution in [3.05, 3.63) is 68.6 Å². The molecule has 0 radical (unpaired) electrons. The monoisotopic (exact) mass is 392 g/mol. The second-order valence-corrected chi connectivity index (χ2v) is 7.81. The van der Waals surface area contributed by atoms with Crippen molar-refractivity contribution in [2.45, 2.75) is 4.90 Å². The number of aromatic nitrogens is 1. The number of H-pyrrole nitrogens is 1. The highest BCUT2D eigenvalue weighted by molar-refractivity contribution is 7.89. The molecule has 11 heteroatoms. The first kappa shape index (κ1) is 18.7. The summed E-state index contributed by atoms with van der Waals surface area (Å²) >= 11 is 0. The van der Waals surface area contributed by atoms with E-state index in [1.54, 1.807) is 18.2 Å². The quantitative estimate of drug-likeness (QED) is 0.592. The number of hydrogen-bond acceptors (Lipinski definition) is 6. The SMILES string of the molecule is O=C(c1cc([N+](=O)[O-])c[nH]c1=O)N1CCN(S(=O)(=O)c2ccccc2)CC1. The summed E-state index contributed by atoms with van der Waals surface area (Å²) in [5, 5.41) is 10.8. The number of hydrogen-bond donors (Lipinski definition) is 1. The van der Waals surface area contributed by atoms with Gasteiger partial charge < -0.3 is 9.88 Å². The van der Waals surface area contributed by atoms with Gasteiger partial charge in [0.2, 0.25) is 10.0 Å². The maximum atomic E-state index is 12.6. The summed E-state index contributed by atoms with van der Waals surface area (Å²) in [7, 11) is -3.66. The van der Waals surface area contributed by atoms with E-state index in [4.69, 9.17) is 0 Å². The fraction of sp³-hybridized carbons (Fsp3) is 0.250. The van der Waals surface area contributed by atoms with E-state index in [-0.39, 0.29) is 36.6 Å². The number of benzene rings is 1. The van der Waals surface area contributed by atoms with Gasteiger partial charge in [0.25, 0.3) is 17.2 Å². The Balaban J connectivity index is 1.75. The van der Waals surface area contributed by atoms with Gasteiger partial charge in [0, 0.05) is 32.2 Å². The first-order valence-corrected chi connectivity index (χ1v) is 9.46. The molecule has 2 heterocycles. The maximum absolute atomic E-state index is 12.6. The van der Waals surface area contributed by atoms with Gasteiger partial charge in [-0.3, -0.25) is 19.7 Å². The standard InChI is InChI=1S/C16H16N4O6S/c21-15-14(10-12(11-17-15)20(23)24)16(22)18-6-8-19(9-7-18)27(25,26)13-4-2-1-3-5-13/h1-5,10-11H,6-9H2,(H,17,21). The maximum Gasteiger partial charge on any atom is 0.286 e. The number of carbonyl (C=O) groups is 1. The second kappa shape index (κ2) is 7.29. The molecule has 2 aromatic rings. The molecule has 1 aliphatic rings. The summed E-state index contributed by atoms with van der Waals surface area (Å²) in [5.74, 6) is -0.670. The van der Waals surface area contributed by atoms with E-state index in [0.29, 0.717) is 0 Å². The molecule has 142 valence electrons. The highest BCUT2D eigenvalue weighted by Gasteiger charge is 2.31. The number of pyridine rings is 1. The summed E-state index contributed by atoms with van der Waals surface area (Å²) in [5.41, 5.74) is -1.48. The normalized spacial score (nSPS) is 15.5. The van der Waals surface area contributed by atoms with Crippen LogP contribution in [0.1, 0.15) is 10.4 Å². The summed E-state index contributed by atoms with van der Waals surface area (Å²) in [6.07, 6.45) is 0.920. The topological polar surface area (TPSA) is 134 Å². The molecular formula is C16H16N4O6S. The molecule has 0 aliphatic carbocycles. The van der Waals surface area contributed by atoms with Crippen LogP contribution in [-0.2, 0) is 10.0 Å². The summed E-state index contributed by atoms with van der Waals surface area (Å²) in [6, 6.07) is 8.88. The molecule has 1 N–H and O–H groups in total. The molecule has 0 spiro atoms. The molecule has 1 aromatic carbocycles. The molecule has 0 atom stereocenters. The van der Waals surface area contributed by atoms with Crippen molar-refractivity contribution in [2.75, 3.05) is 26.2 Å². The minimum atomic E-state index is -3.66. The minimum Gasteiger partial charge on any atom is -0.336 e. The van der Waals surface area contributed by atoms with E-state index in [0.717, 1.165) is 12.3 Å². The first-order valence-electron chi connectivity index (χ1n) is 8.02. The lowest BCUT2D eigenvalue weighted by atomic mass is 10.2. The zero-order valence-corrected chi connectivity index (χ0v) is 14.9. The van der Waals surface area contributed by atoms with Crippen LogP contribution in [0.4, 0.5) is 5.69 Å². The Morgan fingerprint density at radius 1 is 1.11 bits per heavy atom. The van der Waals surface area contributed by atoms with Crippen LogP contribution >= 0.6 is 0 Å². The van der Waals surface area contributed by atoms with Crippen LogP contribution < -0.4 is 5.56 Å². The molecule has 1 aliphatic heterocycles. The average Bonchev–Trinajstić information content (AvgIpc) is 2.68. The van der Waals surface area contributed by atoms with Crippen molar-refractivity contribution >= 4 is 21.6 Å². The molecule has 1 fully saturated rings. The van der Waals surface area contributed by atoms with Gasteiger partial charge in [-0.2, -0.15) is 4.31 Å². The third kappa shape index (κ3) is 3.73. The van der Waals surface area contributed by atoms with Gasteiger partial charge in [0.1, 0.15) is 5.56 Å². The fourth-order valence-electron chi connectivity index (χ4n) is 2.78. The van der Waals surface area contributed by atoms with E-state index in [2.05, 4.69) is 4.98 Å². The number of nitrogens with one attached hydrogen (secondary N) is 1. The molecule has 10 nitrogen and oxygen atoms in total. The molecule has 0 bridgehead atoms. The number of sulfonamides is 1. The van der Waals surface area contributed by atoms with Gasteiger partial charge >= 0.3 is 0 Å². The predicted molar refractivity (Wildman–Crippen MR) is 94.8 cm³/mol. The average molecular weight is 392 g/mol. The predicted octanol–water partition coefficient (Wildman–Crippen LogP) is 0.430. The highest BCUT2D eigenvalue weighted by Crippen LogP contribution is 2.18. The van der Waals surface area contributed by atoms with Crippen molar-refractivity contribution in [3.8, 4) is 0 Å². The molecule has 1 aromatic heterocycles. The van der Waals surface area contributed by atoms with Crippen LogP contribution in [0, 0.1) is 10.1 Å². The molecular weight excluding hydrogens is 376 g/mol. The van der Waals surface area contributed by atoms with Gasteiger partial charge in [0.15, 0.2) is 0 Å². The first-order chi connectivity index (χ1) is 12.8. The molecule has 1 saturated heterocycles. The van der Waals surface area contributed by atoms with Gasteiger partial charge in [-0.1, -0.05) is 18.2 Å². The van der Waals surface area contributed by atoms with E-state index in [1.807, 2.05) is 0 Å². The van der Waals surface area contributed by atoms with Crippen LogP contribution in [0.5, 0.6) is 0 Å². The van der Waals surface area contributed by atoms with Crippen LogP contribution in [0.2, 0.25) is 0 Å². The van der Waals surface area contributed by atoms with E-state index in [9.17, 15) is 28.1 Å². The Kier molecular flexibility index (Phi) is 5.06. The lowest BCUT2D eigenvalue weighted by Crippen LogP contribution is -2.51. The van der Waals surface area contributed by atoms with Gasteiger partial charge in [-0.15, -0.1) is 0 Å². The summed E-state index contributed by atoms with van der Waals surface area (Å²) < 4.78 is 26.5. The zero-order chi connectivity index (χ0) is 19.6. The van der Waals surface area contributed by atoms with Crippen molar-refractivity contribution in [3.63, 3.8) is 0 Å². The van der Waals surface area contributed by atoms with Crippen LogP contribution in [0.15, 0.2) is 52.3 Å². The number of nitrogens with zero attached hydrogens (tertiary/aromatic N) is 3. The number of piperazine rings is 1. The fourth-order valence-corrected chi connectivity index (χ4v) is 4.22. The lowest BCUT2D eigenvalue weighted by Gasteiger charge is -2.33. The van der Waals surface area contributed by atoms with Crippen molar-refractivity contribution in [1.29, 1.82) is 0 Å². The molecule has 0 saturated carbocycles. The van der Waals surface area contributed by atoms with E-state index < -0.39 is 32.1 Å². The lowest BCUT2D eigenvalue weighted by molar-refractivity contribution is -0.385. The molecule has 1 amide bonds. The number of carbonyl (C=O) groups excluding carboxylic acids is 1. The number of amides is 1. The third-order valence-electron chi connectivity index (χ3n) is 4.24. The Labute approximate surface area is 154 Å². The van der Waals surface area contributed by atoms with Gasteiger partial charge in [0.05, 0.1) is 16.0 Å². The van der Waals surface area contributed by atoms with Crippen molar-refractivity contribution < 1.29 is 18.1 Å². The summed E-state index contributed by atoms with van der Waals surface area (Å²) in [6.45, 7) is 0.283. The van der Waals surface area contributed by atoms with Crippen molar-refractivity contribution in [1.82, 2.24) is 14.2 Å². The van der Waals surface area contributed by atoms with Gasteiger partial charge in [-0.05, 0) is 12.1 Å². The molecule has 27 heavy (non-hydrogen) atoms. The minimum absolute atomic E-state index is 0.0653. The smallest absolute Gasteiger partial charge is 0.286 e. The van der Waals surface area contributed by atoms with Crippen LogP contribution in [0.3, 0.4) is 0 Å². The van der Waals surface area contributed by atoms with Gasteiger partial charge in [-0.25, -0.2) is 8.42 Å². The van der Waals surface area contributed by atoms with Crippen molar-refractivity contribution in [2.24, 2.45) is 0 Å². The Morgan fingerprint density at radius 2 is 1.74 bits per heavy atom. The third-order valence-corrected chi connectivity index (χ3v) is 6.15. The van der Waals surface area contributed by atoms with Crippen LogP contribution in [0.25, 0.3) is 0 Å². The molecule has 3 rings (SSSR count). The zero-order valence-electron chi connectivity index (χ0n) is 14.1. The Hall–Kier alpha value is -3.05. The number of rotatable bonds is 4. The van der Waals surface area contributed by atoms with Crippen LogP contribution in [-0.4, -0.2) is 59.6 Å². The summed E-state index contributed by atoms with van der Waals surface area (Å²) in [4.78, 5) is 38.2. The Morgan fingerprint density at radius 3 is 2.33 bits per heavy atom. The van der Waals surface area contributed by atoms with E-state index in [1.165, 1.54) is 21.3 Å². The second-order valence-electron chi connectivity index (χ2n) is 5.87. The number of aromatic amines is 1. The highest BCUT2D eigenvalue weighted by atomic mass is 32.2. The Bertz CT molecular complexity index is 1030. The molecule has 0 unspecified atom stereocenters. The number of nitro groups is 1. The largest absolute Gasteiger partial charge is 0.336 e. The van der Waals surface area contributed by atoms with E-state index >= 15 is 0 Å².